The Morgan fingerprint density at radius 1 is 1.29 bits per heavy atom. The highest BCUT2D eigenvalue weighted by atomic mass is 16.2. The minimum atomic E-state index is -0.416. The fraction of sp³-hybridized carbons (Fsp3) is 0.833. The summed E-state index contributed by atoms with van der Waals surface area (Å²) in [6.07, 6.45) is 1.34. The van der Waals surface area contributed by atoms with Crippen molar-refractivity contribution in [1.82, 2.24) is 10.6 Å². The van der Waals surface area contributed by atoms with E-state index in [1.807, 2.05) is 13.8 Å². The largest absolute Gasteiger partial charge is 0.345 e. The molecule has 0 fully saturated rings. The van der Waals surface area contributed by atoms with Crippen LogP contribution in [0.4, 0.5) is 0 Å². The second-order valence-electron chi connectivity index (χ2n) is 4.61. The molecule has 0 aliphatic carbocycles. The Kier molecular flexibility index (Phi) is 7.74. The average molecular weight is 243 g/mol. The minimum absolute atomic E-state index is 0.0228. The fourth-order valence-corrected chi connectivity index (χ4v) is 1.73. The quantitative estimate of drug-likeness (QED) is 0.562. The van der Waals surface area contributed by atoms with Gasteiger partial charge in [0.2, 0.25) is 5.91 Å². The van der Waals surface area contributed by atoms with Crippen molar-refractivity contribution >= 4 is 11.7 Å². The average Bonchev–Trinajstić information content (AvgIpc) is 2.24. The summed E-state index contributed by atoms with van der Waals surface area (Å²) in [4.78, 5) is 23.3. The second kappa shape index (κ2) is 8.20. The number of carbonyl (C=O) groups is 2. The molecule has 0 aromatic heterocycles. The standard InChI is InChI=1S/C12H25N3O2/c1-8(2)11(14-4)12(17)15-10(9(3)16)6-5-7-13/h8,10-11,14H,5-7,13H2,1-4H3,(H,15,17). The molecule has 0 saturated heterocycles. The Hall–Kier alpha value is -0.940. The first-order chi connectivity index (χ1) is 7.93. The molecule has 0 aliphatic heterocycles. The number of hydrogen-bond donors (Lipinski definition) is 3. The zero-order valence-corrected chi connectivity index (χ0v) is 11.2. The van der Waals surface area contributed by atoms with Crippen molar-refractivity contribution in [3.63, 3.8) is 0 Å². The van der Waals surface area contributed by atoms with Crippen molar-refractivity contribution < 1.29 is 9.59 Å². The van der Waals surface area contributed by atoms with Crippen LogP contribution in [0.25, 0.3) is 0 Å². The summed E-state index contributed by atoms with van der Waals surface area (Å²) < 4.78 is 0. The van der Waals surface area contributed by atoms with Gasteiger partial charge >= 0.3 is 0 Å². The van der Waals surface area contributed by atoms with Crippen molar-refractivity contribution in [2.75, 3.05) is 13.6 Å². The Labute approximate surface area is 104 Å². The number of likely N-dealkylation sites (N-methyl/N-ethyl adjacent to an activating group) is 1. The van der Waals surface area contributed by atoms with Gasteiger partial charge in [-0.3, -0.25) is 9.59 Å². The van der Waals surface area contributed by atoms with E-state index in [9.17, 15) is 9.59 Å². The molecular weight excluding hydrogens is 218 g/mol. The Balaban J connectivity index is 4.43. The van der Waals surface area contributed by atoms with Gasteiger partial charge in [0.1, 0.15) is 0 Å². The van der Waals surface area contributed by atoms with Crippen LogP contribution >= 0.6 is 0 Å². The molecule has 1 amide bonds. The normalized spacial score (nSPS) is 14.5. The summed E-state index contributed by atoms with van der Waals surface area (Å²) in [6.45, 7) is 5.94. The SMILES string of the molecule is CNC(C(=O)NC(CCCN)C(C)=O)C(C)C. The van der Waals surface area contributed by atoms with Gasteiger partial charge in [-0.1, -0.05) is 13.8 Å². The predicted octanol–water partition coefficient (Wildman–Crippen LogP) is 0.0431. The lowest BCUT2D eigenvalue weighted by Crippen LogP contribution is -2.51. The van der Waals surface area contributed by atoms with Crippen molar-refractivity contribution in [2.45, 2.75) is 45.7 Å². The molecule has 5 heteroatoms. The number of nitrogens with two attached hydrogens (primary N) is 1. The van der Waals surface area contributed by atoms with Gasteiger partial charge in [-0.15, -0.1) is 0 Å². The third kappa shape index (κ3) is 5.79. The van der Waals surface area contributed by atoms with Crippen molar-refractivity contribution in [2.24, 2.45) is 11.7 Å². The third-order valence-electron chi connectivity index (χ3n) is 2.76. The second-order valence-corrected chi connectivity index (χ2v) is 4.61. The summed E-state index contributed by atoms with van der Waals surface area (Å²) in [5.41, 5.74) is 5.41. The minimum Gasteiger partial charge on any atom is -0.345 e. The van der Waals surface area contributed by atoms with Gasteiger partial charge in [-0.05, 0) is 39.3 Å². The Morgan fingerprint density at radius 2 is 1.88 bits per heavy atom. The van der Waals surface area contributed by atoms with Gasteiger partial charge in [-0.2, -0.15) is 0 Å². The van der Waals surface area contributed by atoms with Gasteiger partial charge in [0, 0.05) is 0 Å². The highest BCUT2D eigenvalue weighted by molar-refractivity contribution is 5.89. The van der Waals surface area contributed by atoms with E-state index in [-0.39, 0.29) is 23.7 Å². The molecule has 0 spiro atoms. The Bertz CT molecular complexity index is 254. The molecule has 0 aromatic rings. The molecule has 0 radical (unpaired) electrons. The molecule has 0 rings (SSSR count). The summed E-state index contributed by atoms with van der Waals surface area (Å²) >= 11 is 0. The number of amides is 1. The van der Waals surface area contributed by atoms with Gasteiger partial charge in [0.25, 0.3) is 0 Å². The Morgan fingerprint density at radius 3 is 2.24 bits per heavy atom. The zero-order valence-electron chi connectivity index (χ0n) is 11.2. The number of hydrogen-bond acceptors (Lipinski definition) is 4. The molecule has 4 N–H and O–H groups in total. The monoisotopic (exact) mass is 243 g/mol. The van der Waals surface area contributed by atoms with Crippen LogP contribution < -0.4 is 16.4 Å². The lowest BCUT2D eigenvalue weighted by Gasteiger charge is -2.23. The molecule has 100 valence electrons. The predicted molar refractivity (Wildman–Crippen MR) is 68.6 cm³/mol. The van der Waals surface area contributed by atoms with E-state index < -0.39 is 6.04 Å². The third-order valence-corrected chi connectivity index (χ3v) is 2.76. The highest BCUT2D eigenvalue weighted by Gasteiger charge is 2.24. The molecule has 2 atom stereocenters. The molecule has 17 heavy (non-hydrogen) atoms. The van der Waals surface area contributed by atoms with Crippen molar-refractivity contribution in [3.8, 4) is 0 Å². The van der Waals surface area contributed by atoms with Gasteiger partial charge in [-0.25, -0.2) is 0 Å². The molecule has 2 unspecified atom stereocenters. The zero-order chi connectivity index (χ0) is 13.4. The maximum Gasteiger partial charge on any atom is 0.237 e. The molecule has 0 bridgehead atoms. The number of rotatable bonds is 8. The molecular formula is C12H25N3O2. The first-order valence-electron chi connectivity index (χ1n) is 6.12. The maximum absolute atomic E-state index is 11.9. The van der Waals surface area contributed by atoms with E-state index in [1.165, 1.54) is 6.92 Å². The number of carbonyl (C=O) groups excluding carboxylic acids is 2. The van der Waals surface area contributed by atoms with Crippen LogP contribution in [0.5, 0.6) is 0 Å². The van der Waals surface area contributed by atoms with Crippen LogP contribution in [0.1, 0.15) is 33.6 Å². The fourth-order valence-electron chi connectivity index (χ4n) is 1.73. The summed E-state index contributed by atoms with van der Waals surface area (Å²) in [6, 6.07) is -0.685. The first-order valence-corrected chi connectivity index (χ1v) is 6.12. The van der Waals surface area contributed by atoms with Gasteiger partial charge < -0.3 is 16.4 Å². The first kappa shape index (κ1) is 16.1. The number of ketones is 1. The van der Waals surface area contributed by atoms with Crippen LogP contribution in [-0.4, -0.2) is 37.4 Å². The van der Waals surface area contributed by atoms with E-state index >= 15 is 0 Å². The van der Waals surface area contributed by atoms with E-state index in [2.05, 4.69) is 10.6 Å². The molecule has 0 aliphatic rings. The van der Waals surface area contributed by atoms with E-state index in [1.54, 1.807) is 7.05 Å². The van der Waals surface area contributed by atoms with E-state index in [0.717, 1.165) is 6.42 Å². The highest BCUT2D eigenvalue weighted by Crippen LogP contribution is 2.04. The maximum atomic E-state index is 11.9. The number of Topliss-reactive ketones (excluding diaryl/α,β-unsaturated/α-hetero) is 1. The van der Waals surface area contributed by atoms with Crippen LogP contribution in [0.15, 0.2) is 0 Å². The van der Waals surface area contributed by atoms with Crippen LogP contribution in [0, 0.1) is 5.92 Å². The molecule has 0 aromatic carbocycles. The lowest BCUT2D eigenvalue weighted by atomic mass is 10.0. The van der Waals surface area contributed by atoms with Crippen molar-refractivity contribution in [3.05, 3.63) is 0 Å². The van der Waals surface area contributed by atoms with Crippen LogP contribution in [-0.2, 0) is 9.59 Å². The summed E-state index contributed by atoms with van der Waals surface area (Å²) in [7, 11) is 1.74. The molecule has 0 saturated carbocycles. The topological polar surface area (TPSA) is 84.2 Å². The van der Waals surface area contributed by atoms with Crippen LogP contribution in [0.2, 0.25) is 0 Å². The van der Waals surface area contributed by atoms with Gasteiger partial charge in [0.05, 0.1) is 12.1 Å². The van der Waals surface area contributed by atoms with Crippen LogP contribution in [0.3, 0.4) is 0 Å². The lowest BCUT2D eigenvalue weighted by molar-refractivity contribution is -0.129. The smallest absolute Gasteiger partial charge is 0.237 e. The molecule has 5 nitrogen and oxygen atoms in total. The number of nitrogens with one attached hydrogen (secondary N) is 2. The van der Waals surface area contributed by atoms with E-state index in [0.29, 0.717) is 13.0 Å². The summed E-state index contributed by atoms with van der Waals surface area (Å²) in [5, 5.41) is 5.73. The van der Waals surface area contributed by atoms with Gasteiger partial charge in [0.15, 0.2) is 5.78 Å². The summed E-state index contributed by atoms with van der Waals surface area (Å²) in [5.74, 6) is 0.0345. The molecule has 0 heterocycles. The van der Waals surface area contributed by atoms with E-state index in [4.69, 9.17) is 5.73 Å². The van der Waals surface area contributed by atoms with Crippen molar-refractivity contribution in [1.29, 1.82) is 0 Å².